The van der Waals surface area contributed by atoms with Crippen molar-refractivity contribution in [3.63, 3.8) is 0 Å². The van der Waals surface area contributed by atoms with Gasteiger partial charge in [0.2, 0.25) is 11.8 Å². The van der Waals surface area contributed by atoms with Crippen LogP contribution < -0.4 is 10.6 Å². The summed E-state index contributed by atoms with van der Waals surface area (Å²) in [7, 11) is 0. The number of aromatic nitrogens is 4. The predicted molar refractivity (Wildman–Crippen MR) is 164 cm³/mol. The Labute approximate surface area is 253 Å². The zero-order valence-electron chi connectivity index (χ0n) is 23.9. The smallest absolute Gasteiger partial charge is 0.274 e. The lowest BCUT2D eigenvalue weighted by molar-refractivity contribution is -0.120. The van der Waals surface area contributed by atoms with Crippen LogP contribution in [0, 0.1) is 0 Å². The average Bonchev–Trinajstić information content (AvgIpc) is 3.88. The summed E-state index contributed by atoms with van der Waals surface area (Å²) in [4.78, 5) is 68.1. The van der Waals surface area contributed by atoms with Crippen LogP contribution in [-0.4, -0.2) is 78.5 Å². The van der Waals surface area contributed by atoms with Crippen LogP contribution in [0.15, 0.2) is 73.6 Å². The van der Waals surface area contributed by atoms with Crippen LogP contribution in [0.25, 0.3) is 12.2 Å². The molecule has 4 heterocycles. The first-order valence-corrected chi connectivity index (χ1v) is 14.6. The lowest BCUT2D eigenvalue weighted by Gasteiger charge is -2.23. The van der Waals surface area contributed by atoms with Crippen molar-refractivity contribution in [3.05, 3.63) is 96.1 Å². The van der Waals surface area contributed by atoms with Crippen molar-refractivity contribution in [2.24, 2.45) is 0 Å². The monoisotopic (exact) mass is 592 g/mol. The molecule has 0 saturated carbocycles. The van der Waals surface area contributed by atoms with E-state index in [1.54, 1.807) is 9.80 Å². The van der Waals surface area contributed by atoms with E-state index in [2.05, 4.69) is 30.6 Å². The van der Waals surface area contributed by atoms with E-state index in [1.165, 1.54) is 25.0 Å². The average molecular weight is 593 g/mol. The quantitative estimate of drug-likeness (QED) is 0.228. The van der Waals surface area contributed by atoms with Gasteiger partial charge in [-0.3, -0.25) is 19.2 Å². The number of carbonyl (C=O) groups is 4. The molecule has 2 fully saturated rings. The fraction of sp³-hybridized carbons (Fsp3) is 0.250. The third-order valence-corrected chi connectivity index (χ3v) is 7.89. The van der Waals surface area contributed by atoms with Gasteiger partial charge in [0.25, 0.3) is 11.8 Å². The molecule has 2 aliphatic rings. The molecule has 2 atom stereocenters. The molecule has 12 nitrogen and oxygen atoms in total. The molecular weight excluding hydrogens is 560 g/mol. The number of anilines is 2. The van der Waals surface area contributed by atoms with Gasteiger partial charge in [0, 0.05) is 36.9 Å². The van der Waals surface area contributed by atoms with Crippen molar-refractivity contribution in [3.8, 4) is 0 Å². The number of likely N-dealkylation sites (tertiary alicyclic amines) is 2. The summed E-state index contributed by atoms with van der Waals surface area (Å²) in [6, 6.07) is 13.9. The van der Waals surface area contributed by atoms with E-state index >= 15 is 0 Å². The van der Waals surface area contributed by atoms with Crippen molar-refractivity contribution in [1.29, 1.82) is 0 Å². The van der Waals surface area contributed by atoms with Crippen molar-refractivity contribution in [1.82, 2.24) is 29.7 Å². The standard InChI is InChI=1S/C32H32N8O4/c41-29(27-3-1-15-39(27)31(43)25-17-33-19-35-25)37-23-11-7-21(8-12-23)5-6-22-9-13-24(14-10-22)38-30(42)28-4-2-16-40(28)32(44)26-18-34-20-36-26/h5-14,17-20,27-28H,1-4,15-16H2,(H,33,35)(H,34,36)(H,37,41)(H,38,42)/b6-5+/t27-,28-/m0/s1. The Kier molecular flexibility index (Phi) is 8.30. The number of aromatic amines is 2. The van der Waals surface area contributed by atoms with Crippen molar-refractivity contribution in [2.45, 2.75) is 37.8 Å². The Morgan fingerprint density at radius 2 is 1.07 bits per heavy atom. The van der Waals surface area contributed by atoms with E-state index in [0.29, 0.717) is 48.7 Å². The second kappa shape index (κ2) is 12.8. The molecule has 224 valence electrons. The third kappa shape index (κ3) is 6.28. The molecule has 4 aromatic rings. The summed E-state index contributed by atoms with van der Waals surface area (Å²) in [5, 5.41) is 5.85. The van der Waals surface area contributed by atoms with Crippen LogP contribution in [0.3, 0.4) is 0 Å². The zero-order chi connectivity index (χ0) is 30.5. The maximum absolute atomic E-state index is 13.0. The lowest BCUT2D eigenvalue weighted by Crippen LogP contribution is -2.43. The van der Waals surface area contributed by atoms with Crippen molar-refractivity contribution < 1.29 is 19.2 Å². The summed E-state index contributed by atoms with van der Waals surface area (Å²) in [6.07, 6.45) is 12.6. The number of hydrogen-bond donors (Lipinski definition) is 4. The number of H-pyrrole nitrogens is 2. The highest BCUT2D eigenvalue weighted by Gasteiger charge is 2.36. The molecule has 0 unspecified atom stereocenters. The molecule has 6 rings (SSSR count). The highest BCUT2D eigenvalue weighted by atomic mass is 16.2. The number of amides is 4. The molecule has 0 bridgehead atoms. The van der Waals surface area contributed by atoms with Crippen LogP contribution in [-0.2, 0) is 9.59 Å². The van der Waals surface area contributed by atoms with E-state index in [0.717, 1.165) is 24.0 Å². The molecule has 2 aliphatic heterocycles. The number of hydrogen-bond acceptors (Lipinski definition) is 6. The summed E-state index contributed by atoms with van der Waals surface area (Å²) >= 11 is 0. The second-order valence-electron chi connectivity index (χ2n) is 10.8. The van der Waals surface area contributed by atoms with Gasteiger partial charge >= 0.3 is 0 Å². The normalized spacial score (nSPS) is 18.1. The van der Waals surface area contributed by atoms with Gasteiger partial charge in [-0.25, -0.2) is 9.97 Å². The van der Waals surface area contributed by atoms with Gasteiger partial charge < -0.3 is 30.4 Å². The minimum Gasteiger partial charge on any atom is -0.350 e. The van der Waals surface area contributed by atoms with Crippen molar-refractivity contribution >= 4 is 47.2 Å². The number of imidazole rings is 2. The second-order valence-corrected chi connectivity index (χ2v) is 10.8. The first-order valence-electron chi connectivity index (χ1n) is 14.6. The zero-order valence-corrected chi connectivity index (χ0v) is 23.9. The SMILES string of the molecule is O=C(Nc1ccc(/C=C/c2ccc(NC(=O)[C@@H]3CCCN3C(=O)c3c[nH]cn3)cc2)cc1)[C@@H]1CCCN1C(=O)c1c[nH]cn1. The van der Waals surface area contributed by atoms with Crippen LogP contribution in [0.1, 0.15) is 57.8 Å². The first-order chi connectivity index (χ1) is 21.5. The molecule has 2 aromatic carbocycles. The number of carbonyl (C=O) groups excluding carboxylic acids is 4. The van der Waals surface area contributed by atoms with E-state index in [9.17, 15) is 19.2 Å². The minimum atomic E-state index is -0.534. The van der Waals surface area contributed by atoms with Gasteiger partial charge in [-0.1, -0.05) is 36.4 Å². The largest absolute Gasteiger partial charge is 0.350 e. The molecule has 0 radical (unpaired) electrons. The molecule has 0 spiro atoms. The summed E-state index contributed by atoms with van der Waals surface area (Å²) in [6.45, 7) is 1.04. The fourth-order valence-electron chi connectivity index (χ4n) is 5.61. The highest BCUT2D eigenvalue weighted by Crippen LogP contribution is 2.23. The summed E-state index contributed by atoms with van der Waals surface area (Å²) in [5.41, 5.74) is 3.79. The molecular formula is C32H32N8O4. The number of nitrogens with zero attached hydrogens (tertiary/aromatic N) is 4. The van der Waals surface area contributed by atoms with Crippen LogP contribution in [0.2, 0.25) is 0 Å². The molecule has 4 amide bonds. The number of benzene rings is 2. The number of rotatable bonds is 8. The summed E-state index contributed by atoms with van der Waals surface area (Å²) in [5.74, 6) is -0.936. The van der Waals surface area contributed by atoms with E-state index < -0.39 is 12.1 Å². The highest BCUT2D eigenvalue weighted by molar-refractivity contribution is 6.01. The van der Waals surface area contributed by atoms with E-state index in [1.807, 2.05) is 60.7 Å². The Morgan fingerprint density at radius 3 is 1.43 bits per heavy atom. The molecule has 2 aromatic heterocycles. The van der Waals surface area contributed by atoms with Crippen molar-refractivity contribution in [2.75, 3.05) is 23.7 Å². The Morgan fingerprint density at radius 1 is 0.659 bits per heavy atom. The van der Waals surface area contributed by atoms with E-state index in [4.69, 9.17) is 0 Å². The number of nitrogens with one attached hydrogen (secondary N) is 4. The first kappa shape index (κ1) is 28.6. The predicted octanol–water partition coefficient (Wildman–Crippen LogP) is 3.79. The third-order valence-electron chi connectivity index (χ3n) is 7.89. The topological polar surface area (TPSA) is 156 Å². The minimum absolute atomic E-state index is 0.216. The van der Waals surface area contributed by atoms with Crippen LogP contribution in [0.4, 0.5) is 11.4 Å². The molecule has 0 aliphatic carbocycles. The van der Waals surface area contributed by atoms with Gasteiger partial charge in [0.05, 0.1) is 12.7 Å². The Bertz CT molecular complexity index is 1520. The molecule has 12 heteroatoms. The lowest BCUT2D eigenvalue weighted by atomic mass is 10.1. The Balaban J connectivity index is 1.01. The van der Waals surface area contributed by atoms with Gasteiger partial charge in [-0.15, -0.1) is 0 Å². The molecule has 4 N–H and O–H groups in total. The summed E-state index contributed by atoms with van der Waals surface area (Å²) < 4.78 is 0. The van der Waals surface area contributed by atoms with Gasteiger partial charge in [0.1, 0.15) is 23.5 Å². The molecule has 44 heavy (non-hydrogen) atoms. The van der Waals surface area contributed by atoms with Crippen LogP contribution >= 0.6 is 0 Å². The maximum atomic E-state index is 13.0. The van der Waals surface area contributed by atoms with E-state index in [-0.39, 0.29) is 23.6 Å². The van der Waals surface area contributed by atoms with Crippen LogP contribution in [0.5, 0.6) is 0 Å². The molecule has 2 saturated heterocycles. The fourth-order valence-corrected chi connectivity index (χ4v) is 5.61. The maximum Gasteiger partial charge on any atom is 0.274 e. The Hall–Kier alpha value is -5.52. The van der Waals surface area contributed by atoms with Gasteiger partial charge in [0.15, 0.2) is 0 Å². The van der Waals surface area contributed by atoms with Gasteiger partial charge in [-0.05, 0) is 61.1 Å². The van der Waals surface area contributed by atoms with Gasteiger partial charge in [-0.2, -0.15) is 0 Å².